The second-order valence-electron chi connectivity index (χ2n) is 8.53. The van der Waals surface area contributed by atoms with Crippen molar-refractivity contribution in [2.75, 3.05) is 27.7 Å². The van der Waals surface area contributed by atoms with Crippen molar-refractivity contribution in [3.8, 4) is 11.5 Å². The number of halogens is 1. The van der Waals surface area contributed by atoms with Crippen molar-refractivity contribution in [3.63, 3.8) is 0 Å². The van der Waals surface area contributed by atoms with E-state index in [0.29, 0.717) is 12.5 Å². The van der Waals surface area contributed by atoms with Gasteiger partial charge in [0.2, 0.25) is 5.91 Å². The van der Waals surface area contributed by atoms with Gasteiger partial charge in [0.15, 0.2) is 17.5 Å². The van der Waals surface area contributed by atoms with E-state index in [2.05, 4.69) is 15.6 Å². The van der Waals surface area contributed by atoms with Gasteiger partial charge in [-0.1, -0.05) is 12.1 Å². The zero-order valence-corrected chi connectivity index (χ0v) is 21.4. The molecule has 1 amide bonds. The summed E-state index contributed by atoms with van der Waals surface area (Å²) in [5.41, 5.74) is 0.743. The van der Waals surface area contributed by atoms with Gasteiger partial charge in [0.05, 0.1) is 19.8 Å². The number of likely N-dealkylation sites (N-methyl/N-ethyl adjacent to an activating group) is 1. The van der Waals surface area contributed by atoms with Crippen LogP contribution in [0.2, 0.25) is 0 Å². The maximum absolute atomic E-state index is 12.2. The lowest BCUT2D eigenvalue weighted by Gasteiger charge is -2.26. The summed E-state index contributed by atoms with van der Waals surface area (Å²) in [6.07, 6.45) is 4.83. The molecule has 0 aromatic heterocycles. The Balaban J connectivity index is 0.00000450. The van der Waals surface area contributed by atoms with E-state index in [1.807, 2.05) is 46.0 Å². The highest BCUT2D eigenvalue weighted by Crippen LogP contribution is 2.34. The first-order chi connectivity index (χ1) is 13.7. The van der Waals surface area contributed by atoms with Gasteiger partial charge in [-0.15, -0.1) is 24.0 Å². The van der Waals surface area contributed by atoms with Gasteiger partial charge in [-0.05, 0) is 52.5 Å². The van der Waals surface area contributed by atoms with E-state index in [0.717, 1.165) is 29.9 Å². The second kappa shape index (κ2) is 12.2. The number of methoxy groups -OCH3 is 1. The van der Waals surface area contributed by atoms with Crippen molar-refractivity contribution >= 4 is 35.8 Å². The summed E-state index contributed by atoms with van der Waals surface area (Å²) >= 11 is 0. The third-order valence-electron chi connectivity index (χ3n) is 4.77. The zero-order chi connectivity index (χ0) is 21.4. The molecule has 0 heterocycles. The summed E-state index contributed by atoms with van der Waals surface area (Å²) < 4.78 is 11.8. The van der Waals surface area contributed by atoms with Crippen LogP contribution in [0.15, 0.2) is 23.2 Å². The Morgan fingerprint density at radius 2 is 1.93 bits per heavy atom. The SMILES string of the molecule is CN=C(NCc1cccc(OC)c1OC1CCCC1)N(C)CC(=O)NC(C)(C)C.I. The minimum absolute atomic E-state index is 0. The molecular weight excluding hydrogens is 495 g/mol. The molecule has 0 spiro atoms. The number of hydrogen-bond acceptors (Lipinski definition) is 4. The van der Waals surface area contributed by atoms with Gasteiger partial charge >= 0.3 is 0 Å². The number of para-hydroxylation sites is 1. The number of nitrogens with zero attached hydrogens (tertiary/aromatic N) is 2. The van der Waals surface area contributed by atoms with Crippen LogP contribution in [0.25, 0.3) is 0 Å². The van der Waals surface area contributed by atoms with Gasteiger partial charge in [0.25, 0.3) is 0 Å². The normalized spacial score (nSPS) is 14.7. The zero-order valence-electron chi connectivity index (χ0n) is 19.1. The Bertz CT molecular complexity index is 713. The summed E-state index contributed by atoms with van der Waals surface area (Å²) in [5, 5.41) is 6.30. The van der Waals surface area contributed by atoms with Crippen LogP contribution in [0.4, 0.5) is 0 Å². The minimum atomic E-state index is -0.262. The second-order valence-corrected chi connectivity index (χ2v) is 8.53. The number of guanidine groups is 1. The van der Waals surface area contributed by atoms with Crippen LogP contribution < -0.4 is 20.1 Å². The third kappa shape index (κ3) is 8.20. The maximum atomic E-state index is 12.2. The first kappa shape index (κ1) is 26.3. The molecule has 7 nitrogen and oxygen atoms in total. The Labute approximate surface area is 198 Å². The standard InChI is InChI=1S/C22H36N4O3.HI/c1-22(2,3)25-19(27)15-26(5)21(23-4)24-14-16-10-9-13-18(28-6)20(16)29-17-11-7-8-12-17;/h9-10,13,17H,7-8,11-12,14-15H2,1-6H3,(H,23,24)(H,25,27);1H. The first-order valence-corrected chi connectivity index (χ1v) is 10.3. The number of carbonyl (C=O) groups is 1. The lowest BCUT2D eigenvalue weighted by atomic mass is 10.1. The molecule has 2 N–H and O–H groups in total. The Kier molecular flexibility index (Phi) is 10.7. The number of benzene rings is 1. The monoisotopic (exact) mass is 532 g/mol. The fraction of sp³-hybridized carbons (Fsp3) is 0.636. The van der Waals surface area contributed by atoms with Crippen molar-refractivity contribution < 1.29 is 14.3 Å². The molecule has 0 unspecified atom stereocenters. The predicted molar refractivity (Wildman–Crippen MR) is 132 cm³/mol. The number of ether oxygens (including phenoxy) is 2. The molecule has 1 aromatic carbocycles. The van der Waals surface area contributed by atoms with Crippen molar-refractivity contribution in [1.82, 2.24) is 15.5 Å². The topological polar surface area (TPSA) is 75.2 Å². The van der Waals surface area contributed by atoms with Gasteiger partial charge in [0.1, 0.15) is 0 Å². The van der Waals surface area contributed by atoms with Crippen LogP contribution in [0.5, 0.6) is 11.5 Å². The van der Waals surface area contributed by atoms with Gasteiger partial charge in [-0.25, -0.2) is 0 Å². The average Bonchev–Trinajstić information content (AvgIpc) is 3.14. The molecular formula is C22H37IN4O3. The average molecular weight is 532 g/mol. The predicted octanol–water partition coefficient (Wildman–Crippen LogP) is 3.56. The number of carbonyl (C=O) groups excluding carboxylic acids is 1. The Morgan fingerprint density at radius 1 is 1.27 bits per heavy atom. The van der Waals surface area contributed by atoms with Crippen molar-refractivity contribution in [3.05, 3.63) is 23.8 Å². The lowest BCUT2D eigenvalue weighted by molar-refractivity contribution is -0.122. The van der Waals surface area contributed by atoms with Crippen LogP contribution in [0.1, 0.15) is 52.0 Å². The van der Waals surface area contributed by atoms with Crippen LogP contribution in [-0.4, -0.2) is 56.2 Å². The number of hydrogen-bond donors (Lipinski definition) is 2. The molecule has 1 fully saturated rings. The summed E-state index contributed by atoms with van der Waals surface area (Å²) in [4.78, 5) is 18.3. The molecule has 1 saturated carbocycles. The molecule has 170 valence electrons. The van der Waals surface area contributed by atoms with Gasteiger partial charge in [0, 0.05) is 31.7 Å². The third-order valence-corrected chi connectivity index (χ3v) is 4.77. The highest BCUT2D eigenvalue weighted by atomic mass is 127. The number of rotatable bonds is 7. The molecule has 30 heavy (non-hydrogen) atoms. The lowest BCUT2D eigenvalue weighted by Crippen LogP contribution is -2.48. The van der Waals surface area contributed by atoms with Crippen molar-refractivity contribution in [1.29, 1.82) is 0 Å². The van der Waals surface area contributed by atoms with E-state index in [1.165, 1.54) is 12.8 Å². The van der Waals surface area contributed by atoms with Crippen LogP contribution >= 0.6 is 24.0 Å². The van der Waals surface area contributed by atoms with Crippen LogP contribution in [0, 0.1) is 0 Å². The highest BCUT2D eigenvalue weighted by Gasteiger charge is 2.21. The molecule has 0 atom stereocenters. The summed E-state index contributed by atoms with van der Waals surface area (Å²) in [6, 6.07) is 5.91. The van der Waals surface area contributed by atoms with E-state index in [9.17, 15) is 4.79 Å². The summed E-state index contributed by atoms with van der Waals surface area (Å²) in [6.45, 7) is 6.64. The molecule has 0 saturated heterocycles. The fourth-order valence-electron chi connectivity index (χ4n) is 3.47. The molecule has 1 aliphatic carbocycles. The minimum Gasteiger partial charge on any atom is -0.493 e. The van der Waals surface area contributed by atoms with Gasteiger partial charge in [-0.3, -0.25) is 9.79 Å². The molecule has 0 aliphatic heterocycles. The Hall–Kier alpha value is -1.71. The molecule has 0 bridgehead atoms. The van der Waals surface area contributed by atoms with Gasteiger partial charge < -0.3 is 25.0 Å². The highest BCUT2D eigenvalue weighted by molar-refractivity contribution is 14.0. The molecule has 0 radical (unpaired) electrons. The van der Waals surface area contributed by atoms with E-state index in [4.69, 9.17) is 9.47 Å². The van der Waals surface area contributed by atoms with Crippen molar-refractivity contribution in [2.45, 2.75) is 64.6 Å². The summed E-state index contributed by atoms with van der Waals surface area (Å²) in [7, 11) is 5.22. The number of aliphatic imine (C=N–C) groups is 1. The maximum Gasteiger partial charge on any atom is 0.240 e. The van der Waals surface area contributed by atoms with Crippen LogP contribution in [-0.2, 0) is 11.3 Å². The quantitative estimate of drug-likeness (QED) is 0.319. The van der Waals surface area contributed by atoms with E-state index in [-0.39, 0.29) is 48.1 Å². The first-order valence-electron chi connectivity index (χ1n) is 10.3. The largest absolute Gasteiger partial charge is 0.493 e. The fourth-order valence-corrected chi connectivity index (χ4v) is 3.47. The molecule has 1 aliphatic rings. The molecule has 1 aromatic rings. The van der Waals surface area contributed by atoms with Gasteiger partial charge in [-0.2, -0.15) is 0 Å². The number of nitrogens with one attached hydrogen (secondary N) is 2. The molecule has 8 heteroatoms. The molecule has 2 rings (SSSR count). The summed E-state index contributed by atoms with van der Waals surface area (Å²) in [5.74, 6) is 2.13. The Morgan fingerprint density at radius 3 is 2.50 bits per heavy atom. The van der Waals surface area contributed by atoms with E-state index in [1.54, 1.807) is 19.1 Å². The van der Waals surface area contributed by atoms with E-state index >= 15 is 0 Å². The van der Waals surface area contributed by atoms with E-state index < -0.39 is 0 Å². The van der Waals surface area contributed by atoms with Crippen LogP contribution in [0.3, 0.4) is 0 Å². The van der Waals surface area contributed by atoms with Crippen molar-refractivity contribution in [2.24, 2.45) is 4.99 Å². The smallest absolute Gasteiger partial charge is 0.240 e. The number of amides is 1.